The number of rotatable bonds is 3. The first kappa shape index (κ1) is 14.1. The average molecular weight is 388 g/mol. The molecule has 2 aromatic carbocycles. The Morgan fingerprint density at radius 3 is 2.74 bits per heavy atom. The zero-order chi connectivity index (χ0) is 13.8. The number of hydrogen-bond acceptors (Lipinski definition) is 2. The first-order valence-corrected chi connectivity index (χ1v) is 6.96. The molecule has 0 saturated carbocycles. The van der Waals surface area contributed by atoms with Crippen LogP contribution in [0.3, 0.4) is 0 Å². The van der Waals surface area contributed by atoms with Crippen LogP contribution in [0, 0.1) is 3.57 Å². The summed E-state index contributed by atoms with van der Waals surface area (Å²) in [6.07, 6.45) is 0. The normalized spacial score (nSPS) is 10.1. The molecular weight excluding hydrogens is 377 g/mol. The van der Waals surface area contributed by atoms with E-state index in [1.165, 1.54) is 7.11 Å². The van der Waals surface area contributed by atoms with Crippen LogP contribution in [0.1, 0.15) is 10.4 Å². The summed E-state index contributed by atoms with van der Waals surface area (Å²) in [5, 5.41) is 3.36. The number of anilines is 1. The molecule has 0 fully saturated rings. The summed E-state index contributed by atoms with van der Waals surface area (Å²) in [6, 6.07) is 12.5. The smallest absolute Gasteiger partial charge is 0.259 e. The quantitative estimate of drug-likeness (QED) is 0.802. The number of nitrogens with one attached hydrogen (secondary N) is 1. The second-order valence-corrected chi connectivity index (χ2v) is 5.49. The number of hydrogen-bond donors (Lipinski definition) is 1. The predicted molar refractivity (Wildman–Crippen MR) is 85.1 cm³/mol. The number of benzene rings is 2. The van der Waals surface area contributed by atoms with Crippen molar-refractivity contribution in [3.05, 3.63) is 56.6 Å². The van der Waals surface area contributed by atoms with Gasteiger partial charge in [-0.05, 0) is 59.0 Å². The van der Waals surface area contributed by atoms with E-state index in [0.29, 0.717) is 16.3 Å². The molecular formula is C14H11ClINO2. The Bertz CT molecular complexity index is 616. The molecule has 19 heavy (non-hydrogen) atoms. The Morgan fingerprint density at radius 2 is 2.05 bits per heavy atom. The third-order valence-corrected chi connectivity index (χ3v) is 3.40. The average Bonchev–Trinajstić information content (AvgIpc) is 2.38. The van der Waals surface area contributed by atoms with Crippen LogP contribution in [0.25, 0.3) is 0 Å². The maximum absolute atomic E-state index is 12.2. The summed E-state index contributed by atoms with van der Waals surface area (Å²) in [4.78, 5) is 12.2. The van der Waals surface area contributed by atoms with E-state index in [9.17, 15) is 4.79 Å². The standard InChI is InChI=1S/C14H11ClINO2/c1-19-13-7-9(15)5-6-12(13)14(18)17-11-4-2-3-10(16)8-11/h2-8H,1H3,(H,17,18). The minimum absolute atomic E-state index is 0.226. The van der Waals surface area contributed by atoms with Gasteiger partial charge >= 0.3 is 0 Å². The van der Waals surface area contributed by atoms with E-state index in [4.69, 9.17) is 16.3 Å². The van der Waals surface area contributed by atoms with Gasteiger partial charge < -0.3 is 10.1 Å². The molecule has 3 nitrogen and oxygen atoms in total. The Kier molecular flexibility index (Phi) is 4.66. The first-order chi connectivity index (χ1) is 9.10. The monoisotopic (exact) mass is 387 g/mol. The van der Waals surface area contributed by atoms with Crippen molar-refractivity contribution in [3.63, 3.8) is 0 Å². The summed E-state index contributed by atoms with van der Waals surface area (Å²) in [7, 11) is 1.51. The maximum Gasteiger partial charge on any atom is 0.259 e. The molecule has 0 aliphatic rings. The van der Waals surface area contributed by atoms with Gasteiger partial charge in [0.05, 0.1) is 12.7 Å². The highest BCUT2D eigenvalue weighted by molar-refractivity contribution is 14.1. The van der Waals surface area contributed by atoms with Gasteiger partial charge in [-0.3, -0.25) is 4.79 Å². The highest BCUT2D eigenvalue weighted by atomic mass is 127. The van der Waals surface area contributed by atoms with Crippen molar-refractivity contribution in [2.45, 2.75) is 0 Å². The molecule has 0 aromatic heterocycles. The Hall–Kier alpha value is -1.27. The molecule has 0 bridgehead atoms. The third-order valence-electron chi connectivity index (χ3n) is 2.49. The van der Waals surface area contributed by atoms with Crippen LogP contribution in [0.5, 0.6) is 5.75 Å². The molecule has 0 spiro atoms. The second-order valence-electron chi connectivity index (χ2n) is 3.81. The molecule has 0 aliphatic heterocycles. The number of methoxy groups -OCH3 is 1. The second kappa shape index (κ2) is 6.25. The molecule has 1 amide bonds. The van der Waals surface area contributed by atoms with Crippen molar-refractivity contribution in [3.8, 4) is 5.75 Å². The van der Waals surface area contributed by atoms with Crippen molar-refractivity contribution in [1.29, 1.82) is 0 Å². The Labute approximate surface area is 130 Å². The van der Waals surface area contributed by atoms with E-state index in [-0.39, 0.29) is 5.91 Å². The largest absolute Gasteiger partial charge is 0.496 e. The topological polar surface area (TPSA) is 38.3 Å². The van der Waals surface area contributed by atoms with E-state index in [2.05, 4.69) is 27.9 Å². The summed E-state index contributed by atoms with van der Waals surface area (Å²) in [5.74, 6) is 0.228. The third kappa shape index (κ3) is 3.61. The Balaban J connectivity index is 2.25. The van der Waals surface area contributed by atoms with Crippen LogP contribution >= 0.6 is 34.2 Å². The SMILES string of the molecule is COc1cc(Cl)ccc1C(=O)Nc1cccc(I)c1. The lowest BCUT2D eigenvalue weighted by molar-refractivity contribution is 0.102. The summed E-state index contributed by atoms with van der Waals surface area (Å²) >= 11 is 8.06. The minimum Gasteiger partial charge on any atom is -0.496 e. The van der Waals surface area contributed by atoms with Crippen molar-refractivity contribution in [2.75, 3.05) is 12.4 Å². The van der Waals surface area contributed by atoms with Crippen LogP contribution in [0.4, 0.5) is 5.69 Å². The molecule has 0 unspecified atom stereocenters. The number of carbonyl (C=O) groups is 1. The van der Waals surface area contributed by atoms with Crippen LogP contribution in [-0.4, -0.2) is 13.0 Å². The van der Waals surface area contributed by atoms with Crippen molar-refractivity contribution < 1.29 is 9.53 Å². The lowest BCUT2D eigenvalue weighted by Crippen LogP contribution is -2.13. The van der Waals surface area contributed by atoms with Crippen molar-refractivity contribution in [1.82, 2.24) is 0 Å². The van der Waals surface area contributed by atoms with Crippen molar-refractivity contribution in [2.24, 2.45) is 0 Å². The highest BCUT2D eigenvalue weighted by Gasteiger charge is 2.12. The molecule has 0 heterocycles. The lowest BCUT2D eigenvalue weighted by Gasteiger charge is -2.09. The first-order valence-electron chi connectivity index (χ1n) is 5.50. The van der Waals surface area contributed by atoms with Gasteiger partial charge in [0.2, 0.25) is 0 Å². The summed E-state index contributed by atoms with van der Waals surface area (Å²) in [5.41, 5.74) is 1.19. The van der Waals surface area contributed by atoms with Gasteiger partial charge in [0.1, 0.15) is 5.75 Å². The van der Waals surface area contributed by atoms with Crippen LogP contribution in [0.2, 0.25) is 5.02 Å². The zero-order valence-corrected chi connectivity index (χ0v) is 13.0. The lowest BCUT2D eigenvalue weighted by atomic mass is 10.2. The molecule has 2 rings (SSSR count). The fourth-order valence-electron chi connectivity index (χ4n) is 1.62. The summed E-state index contributed by atoms with van der Waals surface area (Å²) in [6.45, 7) is 0. The van der Waals surface area contributed by atoms with Gasteiger partial charge in [0.15, 0.2) is 0 Å². The van der Waals surface area contributed by atoms with E-state index < -0.39 is 0 Å². The molecule has 0 radical (unpaired) electrons. The van der Waals surface area contributed by atoms with E-state index in [0.717, 1.165) is 9.26 Å². The predicted octanol–water partition coefficient (Wildman–Crippen LogP) is 4.21. The molecule has 0 saturated heterocycles. The van der Waals surface area contributed by atoms with Crippen LogP contribution in [-0.2, 0) is 0 Å². The fourth-order valence-corrected chi connectivity index (χ4v) is 2.32. The van der Waals surface area contributed by atoms with Gasteiger partial charge in [-0.15, -0.1) is 0 Å². The molecule has 0 aliphatic carbocycles. The van der Waals surface area contributed by atoms with Crippen molar-refractivity contribution >= 4 is 45.8 Å². The molecule has 2 aromatic rings. The van der Waals surface area contributed by atoms with Gasteiger partial charge in [-0.2, -0.15) is 0 Å². The van der Waals surface area contributed by atoms with Crippen LogP contribution in [0.15, 0.2) is 42.5 Å². The van der Waals surface area contributed by atoms with Gasteiger partial charge in [0.25, 0.3) is 5.91 Å². The fraction of sp³-hybridized carbons (Fsp3) is 0.0714. The number of carbonyl (C=O) groups excluding carboxylic acids is 1. The van der Waals surface area contributed by atoms with E-state index in [1.54, 1.807) is 18.2 Å². The van der Waals surface area contributed by atoms with E-state index >= 15 is 0 Å². The summed E-state index contributed by atoms with van der Waals surface area (Å²) < 4.78 is 6.22. The number of halogens is 2. The molecule has 98 valence electrons. The number of ether oxygens (including phenoxy) is 1. The Morgan fingerprint density at radius 1 is 1.26 bits per heavy atom. The maximum atomic E-state index is 12.2. The molecule has 1 N–H and O–H groups in total. The number of amides is 1. The minimum atomic E-state index is -0.226. The van der Waals surface area contributed by atoms with Crippen LogP contribution < -0.4 is 10.1 Å². The highest BCUT2D eigenvalue weighted by Crippen LogP contribution is 2.24. The van der Waals surface area contributed by atoms with Gasteiger partial charge in [0, 0.05) is 14.3 Å². The van der Waals surface area contributed by atoms with Gasteiger partial charge in [-0.25, -0.2) is 0 Å². The van der Waals surface area contributed by atoms with E-state index in [1.807, 2.05) is 24.3 Å². The molecule has 0 atom stereocenters. The van der Waals surface area contributed by atoms with Gasteiger partial charge in [-0.1, -0.05) is 17.7 Å². The molecule has 5 heteroatoms. The zero-order valence-electron chi connectivity index (χ0n) is 10.1.